The van der Waals surface area contributed by atoms with Crippen molar-refractivity contribution in [3.8, 4) is 0 Å². The van der Waals surface area contributed by atoms with Crippen molar-refractivity contribution in [1.29, 1.82) is 0 Å². The Labute approximate surface area is 113 Å². The van der Waals surface area contributed by atoms with Crippen LogP contribution in [0.15, 0.2) is 0 Å². The van der Waals surface area contributed by atoms with Gasteiger partial charge in [-0.1, -0.05) is 0 Å². The van der Waals surface area contributed by atoms with Gasteiger partial charge in [-0.25, -0.2) is 0 Å². The molecule has 0 radical (unpaired) electrons. The summed E-state index contributed by atoms with van der Waals surface area (Å²) < 4.78 is 0. The van der Waals surface area contributed by atoms with Crippen molar-refractivity contribution in [3.63, 3.8) is 0 Å². The molecule has 1 aliphatic heterocycles. The number of aliphatic carboxylic acids is 1. The molecule has 0 aromatic heterocycles. The van der Waals surface area contributed by atoms with Gasteiger partial charge < -0.3 is 14.9 Å². The summed E-state index contributed by atoms with van der Waals surface area (Å²) in [4.78, 5) is 26.2. The highest BCUT2D eigenvalue weighted by molar-refractivity contribution is 8.00. The zero-order valence-electron chi connectivity index (χ0n) is 11.1. The van der Waals surface area contributed by atoms with Gasteiger partial charge in [0.05, 0.1) is 11.5 Å². The first-order chi connectivity index (χ1) is 8.49. The zero-order chi connectivity index (χ0) is 13.5. The first-order valence-electron chi connectivity index (χ1n) is 6.21. The molecule has 0 unspecified atom stereocenters. The van der Waals surface area contributed by atoms with Crippen LogP contribution in [-0.4, -0.2) is 72.0 Å². The van der Waals surface area contributed by atoms with Gasteiger partial charge in [-0.2, -0.15) is 0 Å². The standard InChI is InChI=1S/C12H22N2O3S/c1-13(2)7-10-3-5-14(6-4-10)11(15)8-18-9-12(16)17/h10H,3-9H2,1-2H3,(H,16,17). The van der Waals surface area contributed by atoms with E-state index in [1.807, 2.05) is 4.90 Å². The van der Waals surface area contributed by atoms with Crippen molar-refractivity contribution in [2.75, 3.05) is 45.2 Å². The van der Waals surface area contributed by atoms with Crippen molar-refractivity contribution < 1.29 is 14.7 Å². The maximum absolute atomic E-state index is 11.8. The predicted molar refractivity (Wildman–Crippen MR) is 72.8 cm³/mol. The number of carboxylic acids is 1. The lowest BCUT2D eigenvalue weighted by molar-refractivity contribution is -0.133. The van der Waals surface area contributed by atoms with Crippen LogP contribution in [-0.2, 0) is 9.59 Å². The number of thioether (sulfide) groups is 1. The second kappa shape index (κ2) is 7.63. The van der Waals surface area contributed by atoms with Crippen LogP contribution in [0, 0.1) is 5.92 Å². The first kappa shape index (κ1) is 15.3. The molecule has 1 saturated heterocycles. The zero-order valence-corrected chi connectivity index (χ0v) is 11.9. The van der Waals surface area contributed by atoms with Crippen molar-refractivity contribution in [3.05, 3.63) is 0 Å². The highest BCUT2D eigenvalue weighted by Gasteiger charge is 2.22. The van der Waals surface area contributed by atoms with Gasteiger partial charge >= 0.3 is 5.97 Å². The van der Waals surface area contributed by atoms with Crippen LogP contribution in [0.3, 0.4) is 0 Å². The molecular weight excluding hydrogens is 252 g/mol. The Kier molecular flexibility index (Phi) is 6.49. The lowest BCUT2D eigenvalue weighted by Crippen LogP contribution is -2.41. The summed E-state index contributed by atoms with van der Waals surface area (Å²) in [6.07, 6.45) is 2.10. The Hall–Kier alpha value is -0.750. The number of carbonyl (C=O) groups excluding carboxylic acids is 1. The minimum atomic E-state index is -0.863. The number of rotatable bonds is 6. The van der Waals surface area contributed by atoms with E-state index in [4.69, 9.17) is 5.11 Å². The van der Waals surface area contributed by atoms with Crippen LogP contribution in [0.2, 0.25) is 0 Å². The van der Waals surface area contributed by atoms with Gasteiger partial charge in [-0.15, -0.1) is 11.8 Å². The van der Waals surface area contributed by atoms with Crippen LogP contribution >= 0.6 is 11.8 Å². The molecule has 0 atom stereocenters. The van der Waals surface area contributed by atoms with Gasteiger partial charge in [0, 0.05) is 19.6 Å². The Bertz CT molecular complexity index is 289. The molecule has 0 bridgehead atoms. The number of carboxylic acid groups (broad SMARTS) is 1. The number of hydrogen-bond donors (Lipinski definition) is 1. The van der Waals surface area contributed by atoms with Gasteiger partial charge in [0.2, 0.25) is 5.91 Å². The molecule has 0 saturated carbocycles. The number of amides is 1. The lowest BCUT2D eigenvalue weighted by Gasteiger charge is -2.33. The number of carbonyl (C=O) groups is 2. The Morgan fingerprint density at radius 3 is 2.39 bits per heavy atom. The van der Waals surface area contributed by atoms with Crippen molar-refractivity contribution in [1.82, 2.24) is 9.80 Å². The van der Waals surface area contributed by atoms with Gasteiger partial charge in [0.25, 0.3) is 0 Å². The van der Waals surface area contributed by atoms with E-state index in [1.54, 1.807) is 0 Å². The van der Waals surface area contributed by atoms with Crippen molar-refractivity contribution in [2.24, 2.45) is 5.92 Å². The maximum Gasteiger partial charge on any atom is 0.313 e. The fourth-order valence-corrected chi connectivity index (χ4v) is 2.83. The number of likely N-dealkylation sites (tertiary alicyclic amines) is 1. The molecular formula is C12H22N2O3S. The molecule has 104 valence electrons. The largest absolute Gasteiger partial charge is 0.481 e. The topological polar surface area (TPSA) is 60.9 Å². The lowest BCUT2D eigenvalue weighted by atomic mass is 9.96. The maximum atomic E-state index is 11.8. The van der Waals surface area contributed by atoms with E-state index >= 15 is 0 Å². The van der Waals surface area contributed by atoms with Crippen LogP contribution in [0.25, 0.3) is 0 Å². The van der Waals surface area contributed by atoms with E-state index in [9.17, 15) is 9.59 Å². The normalized spacial score (nSPS) is 17.2. The quantitative estimate of drug-likeness (QED) is 0.769. The summed E-state index contributed by atoms with van der Waals surface area (Å²) in [6, 6.07) is 0. The van der Waals surface area contributed by atoms with E-state index in [1.165, 1.54) is 11.8 Å². The first-order valence-corrected chi connectivity index (χ1v) is 7.36. The van der Waals surface area contributed by atoms with E-state index in [0.717, 1.165) is 32.5 Å². The summed E-state index contributed by atoms with van der Waals surface area (Å²) in [5, 5.41) is 8.50. The van der Waals surface area contributed by atoms with E-state index < -0.39 is 5.97 Å². The summed E-state index contributed by atoms with van der Waals surface area (Å²) in [5.41, 5.74) is 0. The molecule has 1 N–H and O–H groups in total. The highest BCUT2D eigenvalue weighted by atomic mass is 32.2. The molecule has 6 heteroatoms. The van der Waals surface area contributed by atoms with E-state index in [0.29, 0.717) is 5.92 Å². The molecule has 5 nitrogen and oxygen atoms in total. The van der Waals surface area contributed by atoms with Crippen LogP contribution in [0.4, 0.5) is 0 Å². The van der Waals surface area contributed by atoms with Crippen LogP contribution in [0.5, 0.6) is 0 Å². The third-order valence-corrected chi connectivity index (χ3v) is 3.94. The molecule has 1 heterocycles. The average Bonchev–Trinajstić information content (AvgIpc) is 2.28. The molecule has 1 amide bonds. The van der Waals surface area contributed by atoms with Crippen molar-refractivity contribution in [2.45, 2.75) is 12.8 Å². The molecule has 0 aromatic carbocycles. The molecule has 1 fully saturated rings. The Morgan fingerprint density at radius 1 is 1.28 bits per heavy atom. The predicted octanol–water partition coefficient (Wildman–Crippen LogP) is 0.604. The van der Waals surface area contributed by atoms with E-state index in [2.05, 4.69) is 19.0 Å². The van der Waals surface area contributed by atoms with Crippen molar-refractivity contribution >= 4 is 23.6 Å². The highest BCUT2D eigenvalue weighted by Crippen LogP contribution is 2.18. The minimum Gasteiger partial charge on any atom is -0.481 e. The van der Waals surface area contributed by atoms with Gasteiger partial charge in [-0.05, 0) is 32.9 Å². The molecule has 0 aliphatic carbocycles. The monoisotopic (exact) mass is 274 g/mol. The Morgan fingerprint density at radius 2 is 1.89 bits per heavy atom. The molecule has 18 heavy (non-hydrogen) atoms. The fraction of sp³-hybridized carbons (Fsp3) is 0.833. The molecule has 1 rings (SSSR count). The summed E-state index contributed by atoms with van der Waals surface area (Å²) >= 11 is 1.18. The number of nitrogens with zero attached hydrogens (tertiary/aromatic N) is 2. The van der Waals surface area contributed by atoms with Gasteiger partial charge in [-0.3, -0.25) is 9.59 Å². The number of hydrogen-bond acceptors (Lipinski definition) is 4. The molecule has 1 aliphatic rings. The number of piperidine rings is 1. The fourth-order valence-electron chi connectivity index (χ4n) is 2.20. The SMILES string of the molecule is CN(C)CC1CCN(C(=O)CSCC(=O)O)CC1. The summed E-state index contributed by atoms with van der Waals surface area (Å²) in [6.45, 7) is 2.70. The van der Waals surface area contributed by atoms with E-state index in [-0.39, 0.29) is 17.4 Å². The second-order valence-corrected chi connectivity index (χ2v) is 5.96. The van der Waals surface area contributed by atoms with Crippen LogP contribution in [0.1, 0.15) is 12.8 Å². The third-order valence-electron chi connectivity index (χ3n) is 3.04. The molecule has 0 aromatic rings. The van der Waals surface area contributed by atoms with Gasteiger partial charge in [0.1, 0.15) is 0 Å². The smallest absolute Gasteiger partial charge is 0.313 e. The van der Waals surface area contributed by atoms with Crippen LogP contribution < -0.4 is 0 Å². The molecule has 0 spiro atoms. The summed E-state index contributed by atoms with van der Waals surface area (Å²) in [5.74, 6) is 0.172. The summed E-state index contributed by atoms with van der Waals surface area (Å²) in [7, 11) is 4.14. The minimum absolute atomic E-state index is 0.00281. The second-order valence-electron chi connectivity index (χ2n) is 4.97. The Balaban J connectivity index is 2.21. The average molecular weight is 274 g/mol. The van der Waals surface area contributed by atoms with Gasteiger partial charge in [0.15, 0.2) is 0 Å². The third kappa shape index (κ3) is 5.73.